The molecular weight excluding hydrogens is 544 g/mol. The minimum absolute atomic E-state index is 0.151. The molecule has 0 aliphatic carbocycles. The molecule has 0 spiro atoms. The van der Waals surface area contributed by atoms with Gasteiger partial charge in [0.1, 0.15) is 0 Å². The molecule has 2 aromatic carbocycles. The Kier molecular flexibility index (Phi) is 16.0. The fraction of sp³-hybridized carbons (Fsp3) is 0.533. The first-order valence-corrected chi connectivity index (χ1v) is 14.5. The normalized spacial score (nSPS) is 19.5. The molecule has 12 nitrogen and oxygen atoms in total. The van der Waals surface area contributed by atoms with Crippen LogP contribution in [0.15, 0.2) is 48.5 Å². The maximum atomic E-state index is 12.3. The third-order valence-electron chi connectivity index (χ3n) is 6.53. The fourth-order valence-corrected chi connectivity index (χ4v) is 4.06. The number of hydrogen-bond donors (Lipinski definition) is 4. The SMILES string of the molecule is O=C1CCNCCOCCOCCNCCC(=O)N(O)c2ccc(cc2)CCOCCOCCc2ccc(cc2)N1O. The second kappa shape index (κ2) is 20.1. The van der Waals surface area contributed by atoms with Crippen molar-refractivity contribution in [3.05, 3.63) is 59.7 Å². The lowest BCUT2D eigenvalue weighted by atomic mass is 10.1. The van der Waals surface area contributed by atoms with Crippen LogP contribution in [0.3, 0.4) is 0 Å². The number of amides is 2. The zero-order valence-corrected chi connectivity index (χ0v) is 24.2. The third kappa shape index (κ3) is 12.9. The van der Waals surface area contributed by atoms with Crippen molar-refractivity contribution in [3.63, 3.8) is 0 Å². The van der Waals surface area contributed by atoms with Crippen molar-refractivity contribution in [2.45, 2.75) is 25.7 Å². The number of fused-ring (bicyclic) bond motifs is 2. The average molecular weight is 589 g/mol. The van der Waals surface area contributed by atoms with Gasteiger partial charge < -0.3 is 29.6 Å². The van der Waals surface area contributed by atoms with Crippen LogP contribution in [0.2, 0.25) is 0 Å². The summed E-state index contributed by atoms with van der Waals surface area (Å²) in [5.74, 6) is -0.789. The van der Waals surface area contributed by atoms with Gasteiger partial charge in [-0.2, -0.15) is 10.1 Å². The predicted octanol–water partition coefficient (Wildman–Crippen LogP) is 1.96. The number of ether oxygens (including phenoxy) is 4. The Hall–Kier alpha value is -2.94. The number of anilines is 2. The van der Waals surface area contributed by atoms with Gasteiger partial charge in [-0.05, 0) is 48.2 Å². The lowest BCUT2D eigenvalue weighted by Gasteiger charge is -2.16. The second-order valence-electron chi connectivity index (χ2n) is 9.69. The van der Waals surface area contributed by atoms with Gasteiger partial charge >= 0.3 is 0 Å². The van der Waals surface area contributed by atoms with Crippen molar-refractivity contribution in [1.29, 1.82) is 0 Å². The standard InChI is InChI=1S/C30H44N4O8/c35-29-9-13-31-15-19-41-23-24-42-20-16-32-14-10-30(36)34(38)28-7-3-26(4-8-28)12-18-40-22-21-39-17-11-25-1-5-27(6-2-25)33(29)37/h1-8,31-32,37-38H,9-24H2. The fourth-order valence-electron chi connectivity index (χ4n) is 4.06. The number of carbonyl (C=O) groups excluding carboxylic acids is 2. The van der Waals surface area contributed by atoms with Gasteiger partial charge in [0, 0.05) is 39.0 Å². The van der Waals surface area contributed by atoms with Gasteiger partial charge in [-0.1, -0.05) is 24.3 Å². The van der Waals surface area contributed by atoms with Crippen LogP contribution in [0.5, 0.6) is 0 Å². The molecule has 3 aliphatic rings. The third-order valence-corrected chi connectivity index (χ3v) is 6.53. The van der Waals surface area contributed by atoms with Crippen LogP contribution in [-0.4, -0.2) is 101 Å². The molecule has 232 valence electrons. The van der Waals surface area contributed by atoms with E-state index in [1.807, 2.05) is 24.3 Å². The van der Waals surface area contributed by atoms with Gasteiger partial charge in [0.25, 0.3) is 11.8 Å². The molecule has 0 atom stereocenters. The number of nitrogens with zero attached hydrogens (tertiary/aromatic N) is 2. The van der Waals surface area contributed by atoms with Crippen molar-refractivity contribution in [2.24, 2.45) is 0 Å². The van der Waals surface area contributed by atoms with E-state index in [1.165, 1.54) is 0 Å². The number of hydrogen-bond acceptors (Lipinski definition) is 10. The molecule has 2 amide bonds. The van der Waals surface area contributed by atoms with E-state index in [1.54, 1.807) is 24.3 Å². The molecule has 3 aliphatic heterocycles. The molecule has 0 saturated carbocycles. The van der Waals surface area contributed by atoms with E-state index >= 15 is 0 Å². The van der Waals surface area contributed by atoms with Crippen LogP contribution >= 0.6 is 0 Å². The molecule has 4 bridgehead atoms. The quantitative estimate of drug-likeness (QED) is 0.338. The van der Waals surface area contributed by atoms with Crippen LogP contribution in [0.25, 0.3) is 0 Å². The van der Waals surface area contributed by atoms with Crippen molar-refractivity contribution >= 4 is 23.2 Å². The Morgan fingerprint density at radius 3 is 1.21 bits per heavy atom. The smallest absolute Gasteiger partial charge is 0.251 e. The van der Waals surface area contributed by atoms with Crippen LogP contribution < -0.4 is 20.8 Å². The number of benzene rings is 2. The largest absolute Gasteiger partial charge is 0.379 e. The van der Waals surface area contributed by atoms with E-state index in [0.717, 1.165) is 11.1 Å². The molecule has 0 unspecified atom stereocenters. The van der Waals surface area contributed by atoms with Crippen molar-refractivity contribution in [3.8, 4) is 0 Å². The van der Waals surface area contributed by atoms with Crippen molar-refractivity contribution < 1.29 is 39.0 Å². The Balaban J connectivity index is 1.43. The second-order valence-corrected chi connectivity index (χ2v) is 9.69. The summed E-state index contributed by atoms with van der Waals surface area (Å²) in [6.07, 6.45) is 1.70. The summed E-state index contributed by atoms with van der Waals surface area (Å²) >= 11 is 0. The molecule has 0 aromatic heterocycles. The first-order valence-electron chi connectivity index (χ1n) is 14.5. The lowest BCUT2D eigenvalue weighted by molar-refractivity contribution is -0.124. The van der Waals surface area contributed by atoms with Crippen molar-refractivity contribution in [2.75, 3.05) is 89.2 Å². The van der Waals surface area contributed by atoms with E-state index in [0.29, 0.717) is 113 Å². The maximum Gasteiger partial charge on any atom is 0.251 e. The minimum Gasteiger partial charge on any atom is -0.379 e. The Morgan fingerprint density at radius 2 is 0.833 bits per heavy atom. The van der Waals surface area contributed by atoms with E-state index < -0.39 is 11.8 Å². The van der Waals surface area contributed by atoms with Gasteiger partial charge in [0.15, 0.2) is 0 Å². The predicted molar refractivity (Wildman–Crippen MR) is 157 cm³/mol. The maximum absolute atomic E-state index is 12.3. The summed E-state index contributed by atoms with van der Waals surface area (Å²) < 4.78 is 22.3. The Labute approximate surface area is 247 Å². The lowest BCUT2D eigenvalue weighted by Crippen LogP contribution is -2.31. The molecule has 4 N–H and O–H groups in total. The molecule has 12 heteroatoms. The van der Waals surface area contributed by atoms with Gasteiger partial charge in [0.2, 0.25) is 0 Å². The van der Waals surface area contributed by atoms with Gasteiger partial charge in [-0.25, -0.2) is 0 Å². The minimum atomic E-state index is -0.395. The highest BCUT2D eigenvalue weighted by Gasteiger charge is 2.14. The van der Waals surface area contributed by atoms with E-state index in [-0.39, 0.29) is 12.8 Å². The molecule has 0 radical (unpaired) electrons. The summed E-state index contributed by atoms with van der Waals surface area (Å²) in [4.78, 5) is 24.6. The first-order chi connectivity index (χ1) is 20.5. The van der Waals surface area contributed by atoms with Crippen LogP contribution in [0, 0.1) is 0 Å². The van der Waals surface area contributed by atoms with Gasteiger partial charge in [-0.15, -0.1) is 0 Å². The number of rotatable bonds is 0. The van der Waals surface area contributed by atoms with Gasteiger partial charge in [-0.3, -0.25) is 20.0 Å². The highest BCUT2D eigenvalue weighted by molar-refractivity contribution is 5.91. The summed E-state index contributed by atoms with van der Waals surface area (Å²) in [6, 6.07) is 14.3. The molecule has 0 fully saturated rings. The van der Waals surface area contributed by atoms with Gasteiger partial charge in [0.05, 0.1) is 64.2 Å². The molecular formula is C30H44N4O8. The van der Waals surface area contributed by atoms with E-state index in [4.69, 9.17) is 18.9 Å². The van der Waals surface area contributed by atoms with Crippen LogP contribution in [-0.2, 0) is 41.4 Å². The number of carbonyl (C=O) groups is 2. The Bertz CT molecular complexity index is 955. The molecule has 3 heterocycles. The topological polar surface area (TPSA) is 142 Å². The summed E-state index contributed by atoms with van der Waals surface area (Å²) in [7, 11) is 0. The highest BCUT2D eigenvalue weighted by Crippen LogP contribution is 2.16. The molecule has 5 rings (SSSR count). The monoisotopic (exact) mass is 588 g/mol. The van der Waals surface area contributed by atoms with Crippen LogP contribution in [0.4, 0.5) is 11.4 Å². The molecule has 2 aromatic rings. The number of hydroxylamine groups is 2. The Morgan fingerprint density at radius 1 is 0.476 bits per heavy atom. The summed E-state index contributed by atoms with van der Waals surface area (Å²) in [5.41, 5.74) is 2.91. The van der Waals surface area contributed by atoms with Crippen LogP contribution in [0.1, 0.15) is 24.0 Å². The average Bonchev–Trinajstić information content (AvgIpc) is 3.01. The zero-order valence-electron chi connectivity index (χ0n) is 24.2. The first kappa shape index (κ1) is 33.6. The highest BCUT2D eigenvalue weighted by atomic mass is 16.5. The molecule has 0 saturated heterocycles. The zero-order chi connectivity index (χ0) is 29.8. The van der Waals surface area contributed by atoms with E-state index in [9.17, 15) is 20.0 Å². The molecule has 42 heavy (non-hydrogen) atoms. The summed E-state index contributed by atoms with van der Waals surface area (Å²) in [5, 5.41) is 28.1. The number of nitrogens with one attached hydrogen (secondary N) is 2. The van der Waals surface area contributed by atoms with E-state index in [2.05, 4.69) is 10.6 Å². The summed E-state index contributed by atoms with van der Waals surface area (Å²) in [6.45, 7) is 5.81. The van der Waals surface area contributed by atoms with Crippen molar-refractivity contribution in [1.82, 2.24) is 10.6 Å².